The summed E-state index contributed by atoms with van der Waals surface area (Å²) in [6.45, 7) is 0.0591. The summed E-state index contributed by atoms with van der Waals surface area (Å²) in [6.07, 6.45) is 4.73. The van der Waals surface area contributed by atoms with Crippen LogP contribution in [0.3, 0.4) is 0 Å². The Balaban J connectivity index is 2.07. The Morgan fingerprint density at radius 3 is 2.79 bits per heavy atom. The van der Waals surface area contributed by atoms with E-state index in [0.717, 1.165) is 36.9 Å². The molecule has 0 spiro atoms. The topological polar surface area (TPSA) is 49.3 Å². The average Bonchev–Trinajstić information content (AvgIpc) is 2.95. The van der Waals surface area contributed by atoms with E-state index in [1.807, 2.05) is 24.3 Å². The van der Waals surface area contributed by atoms with Gasteiger partial charge < -0.3 is 10.4 Å². The van der Waals surface area contributed by atoms with Gasteiger partial charge in [0, 0.05) is 17.9 Å². The quantitative estimate of drug-likeness (QED) is 0.818. The van der Waals surface area contributed by atoms with Crippen LogP contribution in [0.4, 0.5) is 5.69 Å². The molecule has 1 aliphatic rings. The first-order valence-corrected chi connectivity index (χ1v) is 6.81. The third-order valence-corrected chi connectivity index (χ3v) is 3.37. The molecule has 1 saturated carbocycles. The molecule has 1 aromatic rings. The fraction of sp³-hybridized carbons (Fsp3) is 0.438. The number of aliphatic hydroxyl groups is 1. The molecular weight excluding hydrogens is 238 g/mol. The van der Waals surface area contributed by atoms with Crippen molar-refractivity contribution in [1.82, 2.24) is 0 Å². The Kier molecular flexibility index (Phi) is 5.00. The second-order valence-electron chi connectivity index (χ2n) is 4.79. The van der Waals surface area contributed by atoms with Crippen molar-refractivity contribution in [3.8, 4) is 11.8 Å². The van der Waals surface area contributed by atoms with Crippen LogP contribution in [0.2, 0.25) is 0 Å². The molecule has 0 heterocycles. The van der Waals surface area contributed by atoms with E-state index in [-0.39, 0.29) is 18.4 Å². The van der Waals surface area contributed by atoms with E-state index in [1.54, 1.807) is 0 Å². The first kappa shape index (κ1) is 13.6. The standard InChI is InChI=1S/C16H19NO2/c18-12-6-5-8-13-7-3-4-11-15(13)17-16(19)14-9-1-2-10-14/h3-4,7,11,14,18H,1-2,6,9-10,12H2,(H,17,19). The molecule has 0 atom stereocenters. The summed E-state index contributed by atoms with van der Waals surface area (Å²) in [4.78, 5) is 12.1. The Morgan fingerprint density at radius 1 is 1.32 bits per heavy atom. The predicted molar refractivity (Wildman–Crippen MR) is 75.6 cm³/mol. The van der Waals surface area contributed by atoms with Gasteiger partial charge in [0.15, 0.2) is 0 Å². The first-order valence-electron chi connectivity index (χ1n) is 6.81. The van der Waals surface area contributed by atoms with Crippen LogP contribution in [-0.2, 0) is 4.79 Å². The van der Waals surface area contributed by atoms with Gasteiger partial charge in [-0.15, -0.1) is 0 Å². The van der Waals surface area contributed by atoms with Gasteiger partial charge in [-0.25, -0.2) is 0 Å². The van der Waals surface area contributed by atoms with Crippen molar-refractivity contribution in [3.05, 3.63) is 29.8 Å². The molecule has 2 N–H and O–H groups in total. The largest absolute Gasteiger partial charge is 0.395 e. The Bertz CT molecular complexity index is 493. The van der Waals surface area contributed by atoms with Crippen LogP contribution in [0, 0.1) is 17.8 Å². The third kappa shape index (κ3) is 3.84. The van der Waals surface area contributed by atoms with Gasteiger partial charge in [0.25, 0.3) is 0 Å². The minimum Gasteiger partial charge on any atom is -0.395 e. The molecule has 0 aromatic heterocycles. The number of hydrogen-bond acceptors (Lipinski definition) is 2. The highest BCUT2D eigenvalue weighted by molar-refractivity contribution is 5.94. The van der Waals surface area contributed by atoms with Crippen molar-refractivity contribution in [2.24, 2.45) is 5.92 Å². The number of carbonyl (C=O) groups is 1. The molecule has 1 aliphatic carbocycles. The van der Waals surface area contributed by atoms with Crippen molar-refractivity contribution in [2.75, 3.05) is 11.9 Å². The van der Waals surface area contributed by atoms with Gasteiger partial charge in [-0.2, -0.15) is 0 Å². The molecule has 1 aromatic carbocycles. The molecule has 0 bridgehead atoms. The molecule has 0 unspecified atom stereocenters. The van der Waals surface area contributed by atoms with Gasteiger partial charge in [-0.3, -0.25) is 4.79 Å². The van der Waals surface area contributed by atoms with Crippen LogP contribution in [0.5, 0.6) is 0 Å². The molecular formula is C16H19NO2. The van der Waals surface area contributed by atoms with E-state index in [1.165, 1.54) is 0 Å². The zero-order valence-corrected chi connectivity index (χ0v) is 11.0. The van der Waals surface area contributed by atoms with Crippen LogP contribution in [-0.4, -0.2) is 17.6 Å². The number of nitrogens with one attached hydrogen (secondary N) is 1. The zero-order valence-electron chi connectivity index (χ0n) is 11.0. The number of amides is 1. The van der Waals surface area contributed by atoms with Crippen molar-refractivity contribution < 1.29 is 9.90 Å². The summed E-state index contributed by atoms with van der Waals surface area (Å²) in [5.41, 5.74) is 1.58. The fourth-order valence-corrected chi connectivity index (χ4v) is 2.34. The number of benzene rings is 1. The lowest BCUT2D eigenvalue weighted by Gasteiger charge is -2.11. The molecule has 3 nitrogen and oxygen atoms in total. The van der Waals surface area contributed by atoms with E-state index in [4.69, 9.17) is 5.11 Å². The van der Waals surface area contributed by atoms with Crippen LogP contribution < -0.4 is 5.32 Å². The molecule has 0 aliphatic heterocycles. The summed E-state index contributed by atoms with van der Waals surface area (Å²) in [5, 5.41) is 11.7. The maximum Gasteiger partial charge on any atom is 0.227 e. The Morgan fingerprint density at radius 2 is 2.05 bits per heavy atom. The average molecular weight is 257 g/mol. The molecule has 19 heavy (non-hydrogen) atoms. The van der Waals surface area contributed by atoms with Crippen molar-refractivity contribution in [2.45, 2.75) is 32.1 Å². The van der Waals surface area contributed by atoms with Crippen LogP contribution in [0.1, 0.15) is 37.7 Å². The lowest BCUT2D eigenvalue weighted by atomic mass is 10.1. The SMILES string of the molecule is O=C(Nc1ccccc1C#CCCO)C1CCCC1. The van der Waals surface area contributed by atoms with Gasteiger partial charge in [0.1, 0.15) is 0 Å². The molecule has 1 amide bonds. The highest BCUT2D eigenvalue weighted by atomic mass is 16.2. The monoisotopic (exact) mass is 257 g/mol. The van der Waals surface area contributed by atoms with Crippen LogP contribution in [0.25, 0.3) is 0 Å². The van der Waals surface area contributed by atoms with Crippen molar-refractivity contribution >= 4 is 11.6 Å². The number of rotatable bonds is 3. The first-order chi connectivity index (χ1) is 9.31. The van der Waals surface area contributed by atoms with Crippen molar-refractivity contribution in [1.29, 1.82) is 0 Å². The normalized spacial score (nSPS) is 14.8. The zero-order chi connectivity index (χ0) is 13.5. The van der Waals surface area contributed by atoms with Gasteiger partial charge in [0.05, 0.1) is 12.3 Å². The summed E-state index contributed by atoms with van der Waals surface area (Å²) in [6, 6.07) is 7.54. The minimum absolute atomic E-state index is 0.0591. The van der Waals surface area contributed by atoms with Crippen LogP contribution >= 0.6 is 0 Å². The summed E-state index contributed by atoms with van der Waals surface area (Å²) >= 11 is 0. The van der Waals surface area contributed by atoms with Crippen LogP contribution in [0.15, 0.2) is 24.3 Å². The maximum atomic E-state index is 12.1. The molecule has 2 rings (SSSR count). The lowest BCUT2D eigenvalue weighted by molar-refractivity contribution is -0.119. The summed E-state index contributed by atoms with van der Waals surface area (Å²) in [5.74, 6) is 6.13. The number of para-hydroxylation sites is 1. The lowest BCUT2D eigenvalue weighted by Crippen LogP contribution is -2.20. The number of anilines is 1. The summed E-state index contributed by atoms with van der Waals surface area (Å²) in [7, 11) is 0. The highest BCUT2D eigenvalue weighted by Crippen LogP contribution is 2.26. The number of aliphatic hydroxyl groups excluding tert-OH is 1. The van der Waals surface area contributed by atoms with Gasteiger partial charge in [-0.05, 0) is 25.0 Å². The summed E-state index contributed by atoms with van der Waals surface area (Å²) < 4.78 is 0. The van der Waals surface area contributed by atoms with E-state index < -0.39 is 0 Å². The second-order valence-corrected chi connectivity index (χ2v) is 4.79. The van der Waals surface area contributed by atoms with E-state index in [2.05, 4.69) is 17.2 Å². The number of hydrogen-bond donors (Lipinski definition) is 2. The van der Waals surface area contributed by atoms with E-state index in [9.17, 15) is 4.79 Å². The molecule has 3 heteroatoms. The third-order valence-electron chi connectivity index (χ3n) is 3.37. The van der Waals surface area contributed by atoms with Gasteiger partial charge >= 0.3 is 0 Å². The van der Waals surface area contributed by atoms with E-state index in [0.29, 0.717) is 6.42 Å². The Hall–Kier alpha value is -1.79. The minimum atomic E-state index is 0.0591. The Labute approximate surface area is 114 Å². The smallest absolute Gasteiger partial charge is 0.227 e. The molecule has 1 fully saturated rings. The maximum absolute atomic E-state index is 12.1. The second kappa shape index (κ2) is 6.96. The predicted octanol–water partition coefficient (Wildman–Crippen LogP) is 2.55. The molecule has 0 saturated heterocycles. The molecule has 0 radical (unpaired) electrons. The van der Waals surface area contributed by atoms with Gasteiger partial charge in [-0.1, -0.05) is 36.8 Å². The van der Waals surface area contributed by atoms with Gasteiger partial charge in [0.2, 0.25) is 5.91 Å². The molecule has 100 valence electrons. The highest BCUT2D eigenvalue weighted by Gasteiger charge is 2.22. The van der Waals surface area contributed by atoms with E-state index >= 15 is 0 Å². The fourth-order valence-electron chi connectivity index (χ4n) is 2.34. The van der Waals surface area contributed by atoms with Crippen molar-refractivity contribution in [3.63, 3.8) is 0 Å². The number of carbonyl (C=O) groups excluding carboxylic acids is 1.